The van der Waals surface area contributed by atoms with E-state index < -0.39 is 6.15 Å². The summed E-state index contributed by atoms with van der Waals surface area (Å²) in [5.41, 5.74) is 6.67. The van der Waals surface area contributed by atoms with Crippen molar-refractivity contribution in [2.45, 2.75) is 77.7 Å². The Bertz CT molecular complexity index is 1460. The Morgan fingerprint density at radius 3 is 1.25 bits per heavy atom. The minimum atomic E-state index is -1.22. The monoisotopic (exact) mass is 681 g/mol. The van der Waals surface area contributed by atoms with Crippen molar-refractivity contribution in [2.24, 2.45) is 0 Å². The summed E-state index contributed by atoms with van der Waals surface area (Å²) in [7, 11) is 4.36. The molecule has 0 N–H and O–H groups in total. The number of quaternary nitrogens is 1. The van der Waals surface area contributed by atoms with Gasteiger partial charge < -0.3 is 9.22 Å². The molecule has 268 valence electrons. The Kier molecular flexibility index (Phi) is 16.8. The highest BCUT2D eigenvalue weighted by molar-refractivity contribution is 7.19. The maximum atomic E-state index is 11.9. The van der Waals surface area contributed by atoms with Crippen molar-refractivity contribution < 1.29 is 14.0 Å². The van der Waals surface area contributed by atoms with Crippen molar-refractivity contribution in [1.29, 1.82) is 0 Å². The minimum Gasteiger partial charge on any atom is -0.460 e. The molecule has 0 amide bonds. The van der Waals surface area contributed by atoms with Gasteiger partial charge in [-0.15, -0.1) is 0 Å². The first-order chi connectivity index (χ1) is 25.0. The molecule has 51 heavy (non-hydrogen) atoms. The molecule has 0 bridgehead atoms. The van der Waals surface area contributed by atoms with Gasteiger partial charge in [0.1, 0.15) is 25.8 Å². The van der Waals surface area contributed by atoms with Crippen LogP contribution in [0, 0.1) is 0 Å². The Labute approximate surface area is 309 Å². The van der Waals surface area contributed by atoms with E-state index in [0.29, 0.717) is 13.0 Å². The molecule has 0 aliphatic carbocycles. The topological polar surface area (TPSA) is 26.3 Å². The molecule has 0 aliphatic heterocycles. The standard InChI is InChI=1S/C24H20B.C23H40NO2/c1-5-13-21(14-6-1)25(22-15-7-2-8-16-22,23-17-9-3-10-18-23)24-19-11-4-12-20-24;1-4-5-6-7-8-9-10-11-15-18-23(25)26-20-19-24(2,3)21-22-16-13-12-14-17-22/h1-20H;12-14,16-17H,4-11,15,18-21H2,1-3H3/q-1;+1. The predicted molar refractivity (Wildman–Crippen MR) is 220 cm³/mol. The number of nitrogens with zero attached hydrogens (tertiary/aromatic N) is 1. The summed E-state index contributed by atoms with van der Waals surface area (Å²) in [5.74, 6) is -0.0346. The molecule has 3 nitrogen and oxygen atoms in total. The molecule has 0 aromatic heterocycles. The predicted octanol–water partition coefficient (Wildman–Crippen LogP) is 8.79. The molecule has 0 saturated carbocycles. The van der Waals surface area contributed by atoms with Gasteiger partial charge in [0.25, 0.3) is 0 Å². The smallest absolute Gasteiger partial charge is 0.305 e. The molecular weight excluding hydrogens is 621 g/mol. The first-order valence-corrected chi connectivity index (χ1v) is 19.3. The minimum absolute atomic E-state index is 0.0346. The number of unbranched alkanes of at least 4 members (excludes halogenated alkanes) is 8. The molecular formula is C47H60BNO2. The van der Waals surface area contributed by atoms with E-state index in [-0.39, 0.29) is 5.97 Å². The molecule has 0 saturated heterocycles. The van der Waals surface area contributed by atoms with Gasteiger partial charge in [0.05, 0.1) is 14.1 Å². The number of benzene rings is 5. The van der Waals surface area contributed by atoms with Crippen molar-refractivity contribution in [3.63, 3.8) is 0 Å². The lowest BCUT2D eigenvalue weighted by molar-refractivity contribution is -0.903. The number of carbonyl (C=O) groups is 1. The Morgan fingerprint density at radius 2 is 0.863 bits per heavy atom. The third-order valence-corrected chi connectivity index (χ3v) is 10.1. The van der Waals surface area contributed by atoms with Crippen LogP contribution in [-0.2, 0) is 16.1 Å². The van der Waals surface area contributed by atoms with Crippen LogP contribution in [0.3, 0.4) is 0 Å². The Hall–Kier alpha value is -4.41. The Balaban J connectivity index is 0.000000229. The SMILES string of the molecule is CCCCCCCCCCCC(=O)OCC[N+](C)(C)Cc1ccccc1.c1ccc([B-](c2ccccc2)(c2ccccc2)c2ccccc2)cc1. The Morgan fingerprint density at radius 1 is 0.510 bits per heavy atom. The van der Waals surface area contributed by atoms with Gasteiger partial charge in [-0.2, -0.15) is 21.9 Å². The van der Waals surface area contributed by atoms with Crippen molar-refractivity contribution in [1.82, 2.24) is 0 Å². The molecule has 5 aromatic carbocycles. The fourth-order valence-electron chi connectivity index (χ4n) is 7.34. The van der Waals surface area contributed by atoms with Gasteiger partial charge in [-0.1, -0.05) is 210 Å². The van der Waals surface area contributed by atoms with Crippen LogP contribution in [0.1, 0.15) is 76.7 Å². The van der Waals surface area contributed by atoms with Crippen molar-refractivity contribution in [3.05, 3.63) is 157 Å². The number of rotatable bonds is 19. The van der Waals surface area contributed by atoms with Crippen LogP contribution < -0.4 is 21.9 Å². The van der Waals surface area contributed by atoms with Crippen molar-refractivity contribution in [3.8, 4) is 0 Å². The number of ether oxygens (including phenoxy) is 1. The highest BCUT2D eigenvalue weighted by Crippen LogP contribution is 2.12. The third kappa shape index (κ3) is 12.7. The lowest BCUT2D eigenvalue weighted by atomic mass is 9.13. The number of likely N-dealkylation sites (N-methyl/N-ethyl adjacent to an activating group) is 1. The van der Waals surface area contributed by atoms with Gasteiger partial charge in [-0.25, -0.2) is 0 Å². The molecule has 0 aliphatic rings. The van der Waals surface area contributed by atoms with E-state index in [0.717, 1.165) is 30.4 Å². The molecule has 0 radical (unpaired) electrons. The summed E-state index contributed by atoms with van der Waals surface area (Å²) >= 11 is 0. The van der Waals surface area contributed by atoms with Gasteiger partial charge in [0.2, 0.25) is 0 Å². The van der Waals surface area contributed by atoms with Gasteiger partial charge in [-0.3, -0.25) is 4.79 Å². The average Bonchev–Trinajstić information content (AvgIpc) is 3.17. The maximum Gasteiger partial charge on any atom is 0.305 e. The molecule has 0 atom stereocenters. The summed E-state index contributed by atoms with van der Waals surface area (Å²) in [6.07, 6.45) is 10.8. The first-order valence-electron chi connectivity index (χ1n) is 19.3. The van der Waals surface area contributed by atoms with E-state index in [1.807, 2.05) is 6.07 Å². The second-order valence-electron chi connectivity index (χ2n) is 14.6. The van der Waals surface area contributed by atoms with E-state index in [4.69, 9.17) is 4.74 Å². The summed E-state index contributed by atoms with van der Waals surface area (Å²) < 4.78 is 6.26. The fraction of sp³-hybridized carbons (Fsp3) is 0.340. The van der Waals surface area contributed by atoms with Crippen molar-refractivity contribution >= 4 is 34.0 Å². The fourth-order valence-corrected chi connectivity index (χ4v) is 7.34. The molecule has 5 aromatic rings. The quantitative estimate of drug-likeness (QED) is 0.0377. The van der Waals surface area contributed by atoms with Crippen LogP contribution in [0.15, 0.2) is 152 Å². The van der Waals surface area contributed by atoms with Gasteiger partial charge in [0, 0.05) is 12.0 Å². The second kappa shape index (κ2) is 21.7. The number of hydrogen-bond donors (Lipinski definition) is 0. The molecule has 0 spiro atoms. The van der Waals surface area contributed by atoms with E-state index in [1.54, 1.807) is 0 Å². The van der Waals surface area contributed by atoms with Crippen LogP contribution in [0.4, 0.5) is 0 Å². The van der Waals surface area contributed by atoms with Crippen LogP contribution >= 0.6 is 0 Å². The van der Waals surface area contributed by atoms with E-state index >= 15 is 0 Å². The summed E-state index contributed by atoms with van der Waals surface area (Å²) in [5, 5.41) is 0. The number of carbonyl (C=O) groups excluding carboxylic acids is 1. The summed E-state index contributed by atoms with van der Waals surface area (Å²) in [4.78, 5) is 11.9. The van der Waals surface area contributed by atoms with E-state index in [1.165, 1.54) is 72.4 Å². The summed E-state index contributed by atoms with van der Waals surface area (Å²) in [6, 6.07) is 54.0. The highest BCUT2D eigenvalue weighted by atomic mass is 16.5. The van der Waals surface area contributed by atoms with Crippen LogP contribution in [0.2, 0.25) is 0 Å². The normalized spacial score (nSPS) is 11.4. The molecule has 5 rings (SSSR count). The van der Waals surface area contributed by atoms with E-state index in [2.05, 4.69) is 167 Å². The van der Waals surface area contributed by atoms with Crippen LogP contribution in [-0.4, -0.2) is 43.8 Å². The van der Waals surface area contributed by atoms with Gasteiger partial charge in [-0.05, 0) is 6.42 Å². The lowest BCUT2D eigenvalue weighted by Gasteiger charge is -2.44. The number of esters is 1. The molecule has 0 fully saturated rings. The van der Waals surface area contributed by atoms with Gasteiger partial charge >= 0.3 is 5.97 Å². The highest BCUT2D eigenvalue weighted by Gasteiger charge is 2.31. The first kappa shape index (κ1) is 39.4. The van der Waals surface area contributed by atoms with Crippen LogP contribution in [0.5, 0.6) is 0 Å². The second-order valence-corrected chi connectivity index (χ2v) is 14.6. The largest absolute Gasteiger partial charge is 0.460 e. The van der Waals surface area contributed by atoms with Gasteiger partial charge in [0.15, 0.2) is 0 Å². The summed E-state index contributed by atoms with van der Waals surface area (Å²) in [6.45, 7) is 4.56. The van der Waals surface area contributed by atoms with E-state index in [9.17, 15) is 4.79 Å². The zero-order chi connectivity index (χ0) is 36.0. The molecule has 0 heterocycles. The average molecular weight is 682 g/mol. The lowest BCUT2D eigenvalue weighted by Crippen LogP contribution is -2.74. The van der Waals surface area contributed by atoms with Crippen molar-refractivity contribution in [2.75, 3.05) is 27.2 Å². The third-order valence-electron chi connectivity index (χ3n) is 10.1. The molecule has 4 heteroatoms. The number of hydrogen-bond acceptors (Lipinski definition) is 2. The molecule has 0 unspecified atom stereocenters. The zero-order valence-corrected chi connectivity index (χ0v) is 31.5. The zero-order valence-electron chi connectivity index (χ0n) is 31.5. The van der Waals surface area contributed by atoms with Crippen LogP contribution in [0.25, 0.3) is 0 Å². The maximum absolute atomic E-state index is 11.9.